The van der Waals surface area contributed by atoms with Gasteiger partial charge in [-0.3, -0.25) is 4.79 Å². The third-order valence-electron chi connectivity index (χ3n) is 6.14. The standard InChI is InChI=1S/C19H26N2O3S/c22-19-10-6-15-12-17(8-9-18(15)20-19)25(23,24)21-16-7-5-13-3-1-2-4-14(13)11-16/h8-9,12-14,16,21H,1-7,10-11H2,(H,20,22)/t13-,14-,16+/m0/s1. The molecule has 0 radical (unpaired) electrons. The van der Waals surface area contributed by atoms with Crippen LogP contribution in [0.2, 0.25) is 0 Å². The van der Waals surface area contributed by atoms with Gasteiger partial charge in [0.2, 0.25) is 15.9 Å². The Balaban J connectivity index is 1.47. The van der Waals surface area contributed by atoms with E-state index in [1.54, 1.807) is 18.2 Å². The quantitative estimate of drug-likeness (QED) is 0.867. The summed E-state index contributed by atoms with van der Waals surface area (Å²) in [5.74, 6) is 1.49. The molecule has 0 spiro atoms. The first-order valence-corrected chi connectivity index (χ1v) is 10.9. The van der Waals surface area contributed by atoms with Crippen LogP contribution in [-0.2, 0) is 21.2 Å². The fourth-order valence-electron chi connectivity index (χ4n) is 4.79. The number of amides is 1. The first kappa shape index (κ1) is 17.0. The number of aryl methyl sites for hydroxylation is 1. The monoisotopic (exact) mass is 362 g/mol. The molecule has 0 unspecified atom stereocenters. The van der Waals surface area contributed by atoms with Gasteiger partial charge in [0.15, 0.2) is 0 Å². The molecule has 2 aliphatic carbocycles. The van der Waals surface area contributed by atoms with E-state index < -0.39 is 10.0 Å². The summed E-state index contributed by atoms with van der Waals surface area (Å²) in [6.45, 7) is 0. The van der Waals surface area contributed by atoms with Crippen molar-refractivity contribution in [2.45, 2.75) is 68.7 Å². The summed E-state index contributed by atoms with van der Waals surface area (Å²) in [5.41, 5.74) is 1.64. The summed E-state index contributed by atoms with van der Waals surface area (Å²) in [4.78, 5) is 11.8. The average Bonchev–Trinajstić information content (AvgIpc) is 2.60. The van der Waals surface area contributed by atoms with Crippen molar-refractivity contribution in [3.05, 3.63) is 23.8 Å². The highest BCUT2D eigenvalue weighted by Gasteiger charge is 2.34. The Morgan fingerprint density at radius 2 is 1.80 bits per heavy atom. The van der Waals surface area contributed by atoms with Gasteiger partial charge in [-0.25, -0.2) is 13.1 Å². The molecule has 136 valence electrons. The predicted molar refractivity (Wildman–Crippen MR) is 96.8 cm³/mol. The number of rotatable bonds is 3. The van der Waals surface area contributed by atoms with E-state index in [-0.39, 0.29) is 11.9 Å². The third kappa shape index (κ3) is 3.60. The second-order valence-corrected chi connectivity index (χ2v) is 9.52. The minimum Gasteiger partial charge on any atom is -0.326 e. The van der Waals surface area contributed by atoms with Crippen molar-refractivity contribution in [2.24, 2.45) is 11.8 Å². The SMILES string of the molecule is O=C1CCc2cc(S(=O)(=O)N[C@@H]3CC[C@@H]4CCCC[C@H]4C3)ccc2N1. The first-order chi connectivity index (χ1) is 12.0. The van der Waals surface area contributed by atoms with Crippen LogP contribution >= 0.6 is 0 Å². The Labute approximate surface area is 149 Å². The van der Waals surface area contributed by atoms with Gasteiger partial charge in [0.25, 0.3) is 0 Å². The van der Waals surface area contributed by atoms with Crippen molar-refractivity contribution in [3.8, 4) is 0 Å². The number of anilines is 1. The lowest BCUT2D eigenvalue weighted by Gasteiger charge is -2.39. The van der Waals surface area contributed by atoms with Gasteiger partial charge in [0.1, 0.15) is 0 Å². The second kappa shape index (κ2) is 6.72. The lowest BCUT2D eigenvalue weighted by molar-refractivity contribution is -0.116. The molecule has 2 saturated carbocycles. The van der Waals surface area contributed by atoms with Crippen molar-refractivity contribution in [1.29, 1.82) is 0 Å². The van der Waals surface area contributed by atoms with Gasteiger partial charge in [-0.2, -0.15) is 0 Å². The van der Waals surface area contributed by atoms with Crippen molar-refractivity contribution < 1.29 is 13.2 Å². The number of fused-ring (bicyclic) bond motifs is 2. The molecule has 2 fully saturated rings. The summed E-state index contributed by atoms with van der Waals surface area (Å²) in [6, 6.07) is 5.07. The molecule has 0 aromatic heterocycles. The third-order valence-corrected chi connectivity index (χ3v) is 7.66. The molecule has 1 aromatic carbocycles. The van der Waals surface area contributed by atoms with Gasteiger partial charge in [-0.05, 0) is 61.3 Å². The lowest BCUT2D eigenvalue weighted by atomic mass is 9.70. The van der Waals surface area contributed by atoms with Gasteiger partial charge < -0.3 is 5.32 Å². The zero-order valence-corrected chi connectivity index (χ0v) is 15.3. The van der Waals surface area contributed by atoms with Gasteiger partial charge in [-0.1, -0.05) is 25.7 Å². The average molecular weight is 362 g/mol. The molecule has 3 aliphatic rings. The van der Waals surface area contributed by atoms with Crippen LogP contribution in [0.3, 0.4) is 0 Å². The highest BCUT2D eigenvalue weighted by molar-refractivity contribution is 7.89. The highest BCUT2D eigenvalue weighted by Crippen LogP contribution is 2.40. The van der Waals surface area contributed by atoms with Crippen molar-refractivity contribution in [1.82, 2.24) is 4.72 Å². The van der Waals surface area contributed by atoms with E-state index in [1.807, 2.05) is 0 Å². The maximum absolute atomic E-state index is 12.8. The Morgan fingerprint density at radius 1 is 1.00 bits per heavy atom. The summed E-state index contributed by atoms with van der Waals surface area (Å²) >= 11 is 0. The van der Waals surface area contributed by atoms with E-state index in [0.29, 0.717) is 23.7 Å². The van der Waals surface area contributed by atoms with Crippen LogP contribution in [-0.4, -0.2) is 20.4 Å². The van der Waals surface area contributed by atoms with Crippen LogP contribution in [0.1, 0.15) is 56.9 Å². The zero-order valence-electron chi connectivity index (χ0n) is 14.5. The van der Waals surface area contributed by atoms with Crippen LogP contribution in [0, 0.1) is 11.8 Å². The Morgan fingerprint density at radius 3 is 2.64 bits per heavy atom. The molecule has 6 heteroatoms. The molecule has 0 bridgehead atoms. The van der Waals surface area contributed by atoms with Crippen LogP contribution < -0.4 is 10.0 Å². The van der Waals surface area contributed by atoms with Crippen LogP contribution in [0.5, 0.6) is 0 Å². The fourth-order valence-corrected chi connectivity index (χ4v) is 6.13. The number of benzene rings is 1. The molecule has 1 aromatic rings. The second-order valence-electron chi connectivity index (χ2n) is 7.80. The number of carbonyl (C=O) groups excluding carboxylic acids is 1. The smallest absolute Gasteiger partial charge is 0.240 e. The van der Waals surface area contributed by atoms with Crippen molar-refractivity contribution in [2.75, 3.05) is 5.32 Å². The summed E-state index contributed by atoms with van der Waals surface area (Å²) < 4.78 is 28.6. The summed E-state index contributed by atoms with van der Waals surface area (Å²) in [6.07, 6.45) is 9.27. The topological polar surface area (TPSA) is 75.3 Å². The van der Waals surface area contributed by atoms with Gasteiger partial charge >= 0.3 is 0 Å². The van der Waals surface area contributed by atoms with Gasteiger partial charge in [0.05, 0.1) is 4.90 Å². The molecule has 1 aliphatic heterocycles. The lowest BCUT2D eigenvalue weighted by Crippen LogP contribution is -2.41. The van der Waals surface area contributed by atoms with Gasteiger partial charge in [0, 0.05) is 18.2 Å². The molecular formula is C19H26N2O3S. The predicted octanol–water partition coefficient (Wildman–Crippen LogP) is 3.21. The Hall–Kier alpha value is -1.40. The molecule has 2 N–H and O–H groups in total. The minimum absolute atomic E-state index is 0.00882. The molecular weight excluding hydrogens is 336 g/mol. The van der Waals surface area contributed by atoms with E-state index in [2.05, 4.69) is 10.0 Å². The number of carbonyl (C=O) groups is 1. The number of hydrogen-bond donors (Lipinski definition) is 2. The maximum atomic E-state index is 12.8. The Bertz CT molecular complexity index is 775. The molecule has 5 nitrogen and oxygen atoms in total. The fraction of sp³-hybridized carbons (Fsp3) is 0.632. The molecule has 4 rings (SSSR count). The van der Waals surface area contributed by atoms with E-state index in [4.69, 9.17) is 0 Å². The number of nitrogens with one attached hydrogen (secondary N) is 2. The van der Waals surface area contributed by atoms with E-state index in [1.165, 1.54) is 25.7 Å². The maximum Gasteiger partial charge on any atom is 0.240 e. The molecule has 3 atom stereocenters. The summed E-state index contributed by atoms with van der Waals surface area (Å²) in [5, 5.41) is 2.80. The molecule has 1 amide bonds. The van der Waals surface area contributed by atoms with Crippen LogP contribution in [0.25, 0.3) is 0 Å². The van der Waals surface area contributed by atoms with Gasteiger partial charge in [-0.15, -0.1) is 0 Å². The largest absolute Gasteiger partial charge is 0.326 e. The first-order valence-electron chi connectivity index (χ1n) is 9.46. The van der Waals surface area contributed by atoms with E-state index >= 15 is 0 Å². The van der Waals surface area contributed by atoms with Crippen LogP contribution in [0.4, 0.5) is 5.69 Å². The molecule has 1 heterocycles. The minimum atomic E-state index is -3.51. The van der Waals surface area contributed by atoms with Crippen molar-refractivity contribution >= 4 is 21.6 Å². The zero-order chi connectivity index (χ0) is 17.4. The Kier molecular flexibility index (Phi) is 4.58. The number of hydrogen-bond acceptors (Lipinski definition) is 3. The molecule has 25 heavy (non-hydrogen) atoms. The number of sulfonamides is 1. The van der Waals surface area contributed by atoms with E-state index in [9.17, 15) is 13.2 Å². The van der Waals surface area contributed by atoms with Crippen molar-refractivity contribution in [3.63, 3.8) is 0 Å². The van der Waals surface area contributed by atoms with E-state index in [0.717, 1.165) is 36.4 Å². The highest BCUT2D eigenvalue weighted by atomic mass is 32.2. The molecule has 0 saturated heterocycles. The summed E-state index contributed by atoms with van der Waals surface area (Å²) in [7, 11) is -3.51. The van der Waals surface area contributed by atoms with Crippen LogP contribution in [0.15, 0.2) is 23.1 Å². The normalized spacial score (nSPS) is 29.4.